The molecule has 1 aromatic carbocycles. The number of benzene rings is 1. The maximum atomic E-state index is 15.5. The van der Waals surface area contributed by atoms with Crippen molar-refractivity contribution < 1.29 is 22.8 Å². The number of amides is 2. The van der Waals surface area contributed by atoms with Gasteiger partial charge in [-0.15, -0.1) is 0 Å². The van der Waals surface area contributed by atoms with Gasteiger partial charge in [-0.1, -0.05) is 33.8 Å². The second-order valence-corrected chi connectivity index (χ2v) is 13.2. The van der Waals surface area contributed by atoms with Crippen LogP contribution in [0.25, 0.3) is 0 Å². The quantitative estimate of drug-likeness (QED) is 0.450. The summed E-state index contributed by atoms with van der Waals surface area (Å²) in [7, 11) is 0. The Morgan fingerprint density at radius 1 is 1.19 bits per heavy atom. The Balaban J connectivity index is 1.61. The summed E-state index contributed by atoms with van der Waals surface area (Å²) in [5.41, 5.74) is 1.54. The Kier molecular flexibility index (Phi) is 7.62. The fourth-order valence-electron chi connectivity index (χ4n) is 6.44. The monoisotopic (exact) mass is 582 g/mol. The number of hydrogen-bond acceptors (Lipinski definition) is 6. The minimum absolute atomic E-state index is 0.0613. The van der Waals surface area contributed by atoms with E-state index >= 15 is 4.39 Å². The van der Waals surface area contributed by atoms with Gasteiger partial charge in [0.1, 0.15) is 17.9 Å². The topological polar surface area (TPSA) is 101 Å². The molecule has 224 valence electrons. The summed E-state index contributed by atoms with van der Waals surface area (Å²) in [6, 6.07) is 3.58. The molecule has 2 aromatic rings. The molecule has 0 unspecified atom stereocenters. The standard InChI is InChI=1S/C31H37F3N6O2/c1-29(2)14-25(39(17-29)18-35)28(42)40(20-5-6-22-24(13-20)37-16-30(22,3)4)26(21-15-36-12-9-23(21)32)27(41)38-19-7-10-31(33,34)11-8-19/h5-6,9,12-13,15,19,25-26,37H,7-8,10-11,14,16-17H2,1-4H3,(H,38,41)/t25-,26-/m1/s1. The molecule has 2 fully saturated rings. The summed E-state index contributed by atoms with van der Waals surface area (Å²) in [6.07, 6.45) is 4.32. The lowest BCUT2D eigenvalue weighted by Gasteiger charge is -2.36. The summed E-state index contributed by atoms with van der Waals surface area (Å²) < 4.78 is 43.2. The molecule has 5 rings (SSSR count). The molecule has 1 saturated heterocycles. The van der Waals surface area contributed by atoms with Crippen LogP contribution in [0.1, 0.15) is 77.0 Å². The molecule has 1 saturated carbocycles. The van der Waals surface area contributed by atoms with E-state index in [-0.39, 0.29) is 42.1 Å². The van der Waals surface area contributed by atoms with Crippen molar-refractivity contribution in [2.45, 2.75) is 89.3 Å². The number of anilines is 2. The predicted octanol–water partition coefficient (Wildman–Crippen LogP) is 5.27. The molecular weight excluding hydrogens is 545 g/mol. The highest BCUT2D eigenvalue weighted by atomic mass is 19.3. The van der Waals surface area contributed by atoms with E-state index in [1.807, 2.05) is 19.9 Å². The van der Waals surface area contributed by atoms with Gasteiger partial charge in [-0.25, -0.2) is 13.2 Å². The number of hydrogen-bond donors (Lipinski definition) is 2. The van der Waals surface area contributed by atoms with Crippen molar-refractivity contribution in [3.05, 3.63) is 53.6 Å². The number of nitrogens with zero attached hydrogens (tertiary/aromatic N) is 4. The van der Waals surface area contributed by atoms with Gasteiger partial charge in [0.15, 0.2) is 6.19 Å². The van der Waals surface area contributed by atoms with Crippen LogP contribution in [-0.2, 0) is 15.0 Å². The van der Waals surface area contributed by atoms with E-state index in [1.165, 1.54) is 22.2 Å². The first-order valence-corrected chi connectivity index (χ1v) is 14.4. The number of pyridine rings is 1. The van der Waals surface area contributed by atoms with Crippen LogP contribution >= 0.6 is 0 Å². The van der Waals surface area contributed by atoms with E-state index in [4.69, 9.17) is 0 Å². The molecule has 3 heterocycles. The lowest BCUT2D eigenvalue weighted by molar-refractivity contribution is -0.129. The number of nitrogens with one attached hydrogen (secondary N) is 2. The number of fused-ring (bicyclic) bond motifs is 1. The Bertz CT molecular complexity index is 1410. The average Bonchev–Trinajstić information content (AvgIpc) is 3.42. The molecule has 3 aliphatic rings. The van der Waals surface area contributed by atoms with Crippen LogP contribution in [0.15, 0.2) is 36.7 Å². The SMILES string of the molecule is CC1(C)C[C@H](C(=O)N(c2ccc3c(c2)NCC3(C)C)[C@@H](C(=O)NC2CCC(F)(F)CC2)c2cnccc2F)N(C#N)C1. The van der Waals surface area contributed by atoms with E-state index < -0.39 is 41.7 Å². The van der Waals surface area contributed by atoms with Crippen LogP contribution in [0.3, 0.4) is 0 Å². The molecular formula is C31H37F3N6O2. The van der Waals surface area contributed by atoms with Gasteiger partial charge < -0.3 is 10.6 Å². The predicted molar refractivity (Wildman–Crippen MR) is 152 cm³/mol. The largest absolute Gasteiger partial charge is 0.384 e. The Hall–Kier alpha value is -3.81. The van der Waals surface area contributed by atoms with E-state index in [9.17, 15) is 23.6 Å². The van der Waals surface area contributed by atoms with Gasteiger partial charge in [-0.2, -0.15) is 5.26 Å². The molecule has 2 aliphatic heterocycles. The van der Waals surface area contributed by atoms with E-state index in [1.54, 1.807) is 12.1 Å². The van der Waals surface area contributed by atoms with Crippen LogP contribution in [0.5, 0.6) is 0 Å². The minimum atomic E-state index is -2.79. The van der Waals surface area contributed by atoms with Crippen molar-refractivity contribution in [3.63, 3.8) is 0 Å². The molecule has 0 bridgehead atoms. The molecule has 0 spiro atoms. The molecule has 0 radical (unpaired) electrons. The van der Waals surface area contributed by atoms with Crippen LogP contribution in [-0.4, -0.2) is 52.8 Å². The van der Waals surface area contributed by atoms with Crippen molar-refractivity contribution in [1.29, 1.82) is 5.26 Å². The zero-order chi connectivity index (χ0) is 30.4. The molecule has 1 aliphatic carbocycles. The van der Waals surface area contributed by atoms with Crippen molar-refractivity contribution in [2.24, 2.45) is 5.41 Å². The highest BCUT2D eigenvalue weighted by Crippen LogP contribution is 2.42. The summed E-state index contributed by atoms with van der Waals surface area (Å²) in [6.45, 7) is 9.12. The van der Waals surface area contributed by atoms with E-state index in [0.29, 0.717) is 25.2 Å². The van der Waals surface area contributed by atoms with Gasteiger partial charge in [0.2, 0.25) is 11.8 Å². The number of likely N-dealkylation sites (tertiary alicyclic amines) is 1. The van der Waals surface area contributed by atoms with E-state index in [0.717, 1.165) is 17.3 Å². The third-order valence-corrected chi connectivity index (χ3v) is 8.76. The van der Waals surface area contributed by atoms with Gasteiger partial charge in [-0.3, -0.25) is 24.4 Å². The third kappa shape index (κ3) is 5.76. The van der Waals surface area contributed by atoms with Gasteiger partial charge in [-0.05, 0) is 48.4 Å². The smallest absolute Gasteiger partial charge is 0.251 e. The summed E-state index contributed by atoms with van der Waals surface area (Å²) in [4.78, 5) is 35.3. The van der Waals surface area contributed by atoms with Crippen molar-refractivity contribution >= 4 is 23.2 Å². The Labute approximate surface area is 244 Å². The molecule has 42 heavy (non-hydrogen) atoms. The molecule has 11 heteroatoms. The first-order chi connectivity index (χ1) is 19.7. The second kappa shape index (κ2) is 10.8. The van der Waals surface area contributed by atoms with Gasteiger partial charge in [0.25, 0.3) is 5.91 Å². The van der Waals surface area contributed by atoms with Crippen LogP contribution < -0.4 is 15.5 Å². The average molecular weight is 583 g/mol. The Morgan fingerprint density at radius 3 is 2.57 bits per heavy atom. The number of alkyl halides is 2. The molecule has 1 aromatic heterocycles. The Morgan fingerprint density at radius 2 is 1.90 bits per heavy atom. The maximum absolute atomic E-state index is 15.5. The van der Waals surface area contributed by atoms with Crippen molar-refractivity contribution in [3.8, 4) is 6.19 Å². The highest BCUT2D eigenvalue weighted by Gasteiger charge is 2.47. The minimum Gasteiger partial charge on any atom is -0.384 e. The normalized spacial score (nSPS) is 22.9. The highest BCUT2D eigenvalue weighted by molar-refractivity contribution is 6.04. The van der Waals surface area contributed by atoms with Gasteiger partial charge >= 0.3 is 0 Å². The zero-order valence-electron chi connectivity index (χ0n) is 24.4. The van der Waals surface area contributed by atoms with Gasteiger partial charge in [0, 0.05) is 66.7 Å². The summed E-state index contributed by atoms with van der Waals surface area (Å²) >= 11 is 0. The van der Waals surface area contributed by atoms with Crippen molar-refractivity contribution in [1.82, 2.24) is 15.2 Å². The molecule has 2 N–H and O–H groups in total. The van der Waals surface area contributed by atoms with Crippen molar-refractivity contribution in [2.75, 3.05) is 23.3 Å². The first-order valence-electron chi connectivity index (χ1n) is 14.4. The van der Waals surface area contributed by atoms with E-state index in [2.05, 4.69) is 35.7 Å². The zero-order valence-corrected chi connectivity index (χ0v) is 24.4. The lowest BCUT2D eigenvalue weighted by atomic mass is 9.86. The number of halogens is 3. The van der Waals surface area contributed by atoms with Crippen LogP contribution in [0.4, 0.5) is 24.5 Å². The molecule has 8 nitrogen and oxygen atoms in total. The molecule has 2 amide bonds. The maximum Gasteiger partial charge on any atom is 0.251 e. The number of nitriles is 1. The summed E-state index contributed by atoms with van der Waals surface area (Å²) in [5, 5.41) is 16.1. The van der Waals surface area contributed by atoms with Crippen LogP contribution in [0, 0.1) is 22.7 Å². The number of aromatic nitrogens is 1. The fourth-order valence-corrected chi connectivity index (χ4v) is 6.44. The fraction of sp³-hybridized carbons (Fsp3) is 0.548. The number of rotatable bonds is 6. The molecule has 2 atom stereocenters. The summed E-state index contributed by atoms with van der Waals surface area (Å²) in [5.74, 6) is -4.75. The first kappa shape index (κ1) is 29.7. The van der Waals surface area contributed by atoms with Gasteiger partial charge in [0.05, 0.1) is 0 Å². The lowest BCUT2D eigenvalue weighted by Crippen LogP contribution is -2.52. The van der Waals surface area contributed by atoms with Crippen LogP contribution in [0.2, 0.25) is 0 Å². The number of carbonyl (C=O) groups excluding carboxylic acids is 2. The third-order valence-electron chi connectivity index (χ3n) is 8.76. The second-order valence-electron chi connectivity index (χ2n) is 13.2. The number of carbonyl (C=O) groups is 2.